The van der Waals surface area contributed by atoms with Gasteiger partial charge in [0.2, 0.25) is 0 Å². The molecule has 100 valence electrons. The fourth-order valence-corrected chi connectivity index (χ4v) is 1.85. The Morgan fingerprint density at radius 1 is 0.900 bits per heavy atom. The van der Waals surface area contributed by atoms with Crippen molar-refractivity contribution in [1.29, 1.82) is 0 Å². The van der Waals surface area contributed by atoms with E-state index in [-0.39, 0.29) is 5.78 Å². The largest absolute Gasteiger partial charge is 0.478 e. The van der Waals surface area contributed by atoms with Gasteiger partial charge >= 0.3 is 5.97 Å². The van der Waals surface area contributed by atoms with E-state index < -0.39 is 5.97 Å². The van der Waals surface area contributed by atoms with Crippen LogP contribution in [-0.4, -0.2) is 16.9 Å². The number of carboxylic acids is 1. The number of hydrogen-bond donors (Lipinski definition) is 1. The van der Waals surface area contributed by atoms with Gasteiger partial charge in [0, 0.05) is 11.6 Å². The van der Waals surface area contributed by atoms with Crippen LogP contribution in [0.5, 0.6) is 0 Å². The highest BCUT2D eigenvalue weighted by Crippen LogP contribution is 2.21. The molecule has 0 saturated carbocycles. The molecule has 0 atom stereocenters. The molecule has 20 heavy (non-hydrogen) atoms. The van der Waals surface area contributed by atoms with E-state index in [9.17, 15) is 9.59 Å². The van der Waals surface area contributed by atoms with Gasteiger partial charge in [0.25, 0.3) is 0 Å². The number of rotatable bonds is 4. The van der Waals surface area contributed by atoms with Crippen molar-refractivity contribution in [3.05, 3.63) is 65.7 Å². The lowest BCUT2D eigenvalue weighted by molar-refractivity contribution is -0.131. The minimum Gasteiger partial charge on any atom is -0.478 e. The molecular weight excluding hydrogens is 252 g/mol. The molecule has 0 spiro atoms. The highest BCUT2D eigenvalue weighted by Gasteiger charge is 2.01. The highest BCUT2D eigenvalue weighted by atomic mass is 16.4. The van der Waals surface area contributed by atoms with E-state index in [2.05, 4.69) is 0 Å². The van der Waals surface area contributed by atoms with E-state index in [4.69, 9.17) is 5.11 Å². The Labute approximate surface area is 117 Å². The first-order valence-corrected chi connectivity index (χ1v) is 6.19. The minimum atomic E-state index is -0.964. The Morgan fingerprint density at radius 3 is 1.85 bits per heavy atom. The van der Waals surface area contributed by atoms with Crippen LogP contribution in [0.1, 0.15) is 22.8 Å². The van der Waals surface area contributed by atoms with Crippen molar-refractivity contribution in [3.63, 3.8) is 0 Å². The predicted octanol–water partition coefficient (Wildman–Crippen LogP) is 3.65. The molecule has 0 amide bonds. The molecule has 0 aliphatic heterocycles. The summed E-state index contributed by atoms with van der Waals surface area (Å²) in [4.78, 5) is 21.6. The molecule has 2 aromatic rings. The van der Waals surface area contributed by atoms with Crippen LogP contribution in [0, 0.1) is 0 Å². The van der Waals surface area contributed by atoms with Crippen LogP contribution in [-0.2, 0) is 4.79 Å². The zero-order valence-electron chi connectivity index (χ0n) is 11.0. The molecule has 0 saturated heterocycles. The van der Waals surface area contributed by atoms with E-state index in [0.29, 0.717) is 5.56 Å². The summed E-state index contributed by atoms with van der Waals surface area (Å²) < 4.78 is 0. The Bertz CT molecular complexity index is 650. The molecule has 0 fully saturated rings. The predicted molar refractivity (Wildman–Crippen MR) is 78.6 cm³/mol. The van der Waals surface area contributed by atoms with Crippen LogP contribution >= 0.6 is 0 Å². The van der Waals surface area contributed by atoms with Crippen molar-refractivity contribution in [2.45, 2.75) is 6.92 Å². The van der Waals surface area contributed by atoms with E-state index in [1.165, 1.54) is 0 Å². The average molecular weight is 266 g/mol. The fraction of sp³-hybridized carbons (Fsp3) is 0.0588. The molecule has 2 rings (SSSR count). The zero-order valence-corrected chi connectivity index (χ0v) is 11.0. The maximum atomic E-state index is 11.2. The number of carbonyl (C=O) groups is 2. The normalized spacial score (nSPS) is 10.7. The van der Waals surface area contributed by atoms with Crippen LogP contribution in [0.4, 0.5) is 0 Å². The molecule has 0 unspecified atom stereocenters. The number of ketones is 1. The van der Waals surface area contributed by atoms with E-state index >= 15 is 0 Å². The van der Waals surface area contributed by atoms with Crippen molar-refractivity contribution >= 4 is 17.8 Å². The number of hydrogen-bond acceptors (Lipinski definition) is 2. The summed E-state index contributed by atoms with van der Waals surface area (Å²) >= 11 is 0. The van der Waals surface area contributed by atoms with Gasteiger partial charge in [-0.3, -0.25) is 4.79 Å². The van der Waals surface area contributed by atoms with Gasteiger partial charge in [-0.05, 0) is 29.7 Å². The molecule has 0 heterocycles. The topological polar surface area (TPSA) is 54.4 Å². The lowest BCUT2D eigenvalue weighted by Crippen LogP contribution is -1.90. The van der Waals surface area contributed by atoms with E-state index in [1.807, 2.05) is 36.4 Å². The van der Waals surface area contributed by atoms with Crippen molar-refractivity contribution in [2.75, 3.05) is 0 Å². The summed E-state index contributed by atoms with van der Waals surface area (Å²) in [5.41, 5.74) is 3.56. The Morgan fingerprint density at radius 2 is 1.40 bits per heavy atom. The number of carbonyl (C=O) groups excluding carboxylic acids is 1. The molecule has 0 aliphatic rings. The van der Waals surface area contributed by atoms with Crippen LogP contribution in [0.25, 0.3) is 17.2 Å². The van der Waals surface area contributed by atoms with Crippen molar-refractivity contribution < 1.29 is 14.7 Å². The van der Waals surface area contributed by atoms with Gasteiger partial charge in [-0.2, -0.15) is 0 Å². The standard InChI is InChI=1S/C17H14O3/c1-12(18)14-7-9-16(10-8-14)15-5-2-13(3-6-15)4-11-17(19)20/h2-11H,1H3,(H,19,20)/b11-4+. The second-order valence-corrected chi connectivity index (χ2v) is 4.43. The third kappa shape index (κ3) is 3.42. The molecule has 1 N–H and O–H groups in total. The number of benzene rings is 2. The van der Waals surface area contributed by atoms with Crippen LogP contribution in [0.3, 0.4) is 0 Å². The minimum absolute atomic E-state index is 0.0469. The van der Waals surface area contributed by atoms with E-state index in [0.717, 1.165) is 22.8 Å². The highest BCUT2D eigenvalue weighted by molar-refractivity contribution is 5.94. The quantitative estimate of drug-likeness (QED) is 0.678. The summed E-state index contributed by atoms with van der Waals surface area (Å²) in [5.74, 6) is -0.917. The van der Waals surface area contributed by atoms with E-state index in [1.54, 1.807) is 25.1 Å². The lowest BCUT2D eigenvalue weighted by atomic mass is 10.0. The van der Waals surface area contributed by atoms with Crippen molar-refractivity contribution in [3.8, 4) is 11.1 Å². The first-order valence-electron chi connectivity index (χ1n) is 6.19. The molecular formula is C17H14O3. The summed E-state index contributed by atoms with van der Waals surface area (Å²) in [7, 11) is 0. The zero-order chi connectivity index (χ0) is 14.5. The Hall–Kier alpha value is -2.68. The van der Waals surface area contributed by atoms with Crippen LogP contribution < -0.4 is 0 Å². The second-order valence-electron chi connectivity index (χ2n) is 4.43. The lowest BCUT2D eigenvalue weighted by Gasteiger charge is -2.03. The number of Topliss-reactive ketones (excluding diaryl/α,β-unsaturated/α-hetero) is 1. The van der Waals surface area contributed by atoms with Gasteiger partial charge in [-0.1, -0.05) is 48.5 Å². The monoisotopic (exact) mass is 266 g/mol. The molecule has 2 aromatic carbocycles. The fourth-order valence-electron chi connectivity index (χ4n) is 1.85. The van der Waals surface area contributed by atoms with Gasteiger partial charge in [-0.25, -0.2) is 4.79 Å². The van der Waals surface area contributed by atoms with Gasteiger partial charge in [0.15, 0.2) is 5.78 Å². The SMILES string of the molecule is CC(=O)c1ccc(-c2ccc(/C=C/C(=O)O)cc2)cc1. The first kappa shape index (κ1) is 13.7. The third-order valence-corrected chi connectivity index (χ3v) is 2.95. The van der Waals surface area contributed by atoms with Crippen LogP contribution in [0.2, 0.25) is 0 Å². The summed E-state index contributed by atoms with van der Waals surface area (Å²) in [6.07, 6.45) is 2.65. The van der Waals surface area contributed by atoms with Gasteiger partial charge in [0.05, 0.1) is 0 Å². The molecule has 3 nitrogen and oxygen atoms in total. The summed E-state index contributed by atoms with van der Waals surface area (Å²) in [5, 5.41) is 8.56. The first-order chi connectivity index (χ1) is 9.56. The molecule has 0 aromatic heterocycles. The maximum Gasteiger partial charge on any atom is 0.328 e. The van der Waals surface area contributed by atoms with Gasteiger partial charge in [0.1, 0.15) is 0 Å². The molecule has 3 heteroatoms. The number of carboxylic acid groups (broad SMARTS) is 1. The van der Waals surface area contributed by atoms with Gasteiger partial charge < -0.3 is 5.11 Å². The molecule has 0 bridgehead atoms. The van der Waals surface area contributed by atoms with Crippen molar-refractivity contribution in [2.24, 2.45) is 0 Å². The van der Waals surface area contributed by atoms with Crippen molar-refractivity contribution in [1.82, 2.24) is 0 Å². The Balaban J connectivity index is 2.21. The van der Waals surface area contributed by atoms with Crippen LogP contribution in [0.15, 0.2) is 54.6 Å². The molecule has 0 aliphatic carbocycles. The number of aliphatic carboxylic acids is 1. The molecule has 0 radical (unpaired) electrons. The van der Waals surface area contributed by atoms with Gasteiger partial charge in [-0.15, -0.1) is 0 Å². The maximum absolute atomic E-state index is 11.2. The summed E-state index contributed by atoms with van der Waals surface area (Å²) in [6, 6.07) is 15.0. The third-order valence-electron chi connectivity index (χ3n) is 2.95. The summed E-state index contributed by atoms with van der Waals surface area (Å²) in [6.45, 7) is 1.54. The second kappa shape index (κ2) is 5.97. The smallest absolute Gasteiger partial charge is 0.328 e. The Kier molecular flexibility index (Phi) is 4.11. The average Bonchev–Trinajstić information content (AvgIpc) is 2.46.